The average Bonchev–Trinajstić information content (AvgIpc) is 3.72. The number of anilines is 6. The number of hydrogen-bond acceptors (Lipinski definition) is 3. The molecule has 12 rings (SSSR count). The lowest BCUT2D eigenvalue weighted by atomic mass is 9.68. The van der Waals surface area contributed by atoms with E-state index in [4.69, 9.17) is 4.42 Å². The van der Waals surface area contributed by atoms with E-state index >= 15 is 0 Å². The number of nitrogens with zero attached hydrogens (tertiary/aromatic N) is 2. The van der Waals surface area contributed by atoms with Crippen LogP contribution in [0.4, 0.5) is 34.1 Å². The van der Waals surface area contributed by atoms with Crippen molar-refractivity contribution >= 4 is 77.6 Å². The topological polar surface area (TPSA) is 19.6 Å². The summed E-state index contributed by atoms with van der Waals surface area (Å²) in [5.74, 6) is 0. The van der Waals surface area contributed by atoms with Gasteiger partial charge >= 0.3 is 0 Å². The fourth-order valence-electron chi connectivity index (χ4n) is 10.1. The van der Waals surface area contributed by atoms with Gasteiger partial charge in [0.05, 0.1) is 11.4 Å². The molecule has 10 aromatic carbocycles. The van der Waals surface area contributed by atoms with Gasteiger partial charge in [0.15, 0.2) is 5.58 Å². The van der Waals surface area contributed by atoms with Gasteiger partial charge in [-0.2, -0.15) is 0 Å². The minimum absolute atomic E-state index is 0.264. The third kappa shape index (κ3) is 5.59. The highest BCUT2D eigenvalue weighted by Gasteiger charge is 2.35. The monoisotopic (exact) mass is 794 g/mol. The molecule has 62 heavy (non-hydrogen) atoms. The molecule has 1 aromatic heterocycles. The van der Waals surface area contributed by atoms with Gasteiger partial charge in [0.2, 0.25) is 0 Å². The Morgan fingerprint density at radius 2 is 0.984 bits per heavy atom. The van der Waals surface area contributed by atoms with Gasteiger partial charge in [0.25, 0.3) is 0 Å². The molecule has 3 nitrogen and oxygen atoms in total. The van der Waals surface area contributed by atoms with Crippen molar-refractivity contribution in [3.8, 4) is 22.3 Å². The summed E-state index contributed by atoms with van der Waals surface area (Å²) in [5.41, 5.74) is 15.6. The standard InChI is InChI=1S/C59H42N2O/c1-59(2)52-28-16-26-48-50-37-43(61(54-29-14-12-24-45(54)39-18-6-3-7-19-39)55-30-17-27-49-47-25-13-15-31-56(47)62-58(49)55)33-32-40(50)36-51(57(48)52)46-35-34-44(38-53(46)59)60(41-20-8-4-9-21-41)42-22-10-5-11-23-42/h3-38H,1-2H3. The van der Waals surface area contributed by atoms with Crippen molar-refractivity contribution < 1.29 is 4.42 Å². The first-order chi connectivity index (χ1) is 30.5. The van der Waals surface area contributed by atoms with Crippen molar-refractivity contribution in [2.75, 3.05) is 9.80 Å². The van der Waals surface area contributed by atoms with E-state index in [1.54, 1.807) is 0 Å². The summed E-state index contributed by atoms with van der Waals surface area (Å²) in [4.78, 5) is 4.76. The third-order valence-corrected chi connectivity index (χ3v) is 13.0. The van der Waals surface area contributed by atoms with Crippen molar-refractivity contribution in [3.05, 3.63) is 230 Å². The highest BCUT2D eigenvalue weighted by atomic mass is 16.3. The average molecular weight is 795 g/mol. The van der Waals surface area contributed by atoms with Crippen molar-refractivity contribution in [3.63, 3.8) is 0 Å². The minimum atomic E-state index is -0.264. The lowest BCUT2D eigenvalue weighted by Gasteiger charge is -2.37. The molecule has 0 unspecified atom stereocenters. The first-order valence-corrected chi connectivity index (χ1v) is 21.4. The molecule has 0 bridgehead atoms. The van der Waals surface area contributed by atoms with Crippen LogP contribution < -0.4 is 9.80 Å². The van der Waals surface area contributed by atoms with Crippen molar-refractivity contribution in [1.29, 1.82) is 0 Å². The minimum Gasteiger partial charge on any atom is -0.454 e. The molecular weight excluding hydrogens is 753 g/mol. The maximum absolute atomic E-state index is 6.75. The maximum Gasteiger partial charge on any atom is 0.159 e. The summed E-state index contributed by atoms with van der Waals surface area (Å²) in [6.45, 7) is 4.78. The van der Waals surface area contributed by atoms with Crippen LogP contribution in [0.15, 0.2) is 223 Å². The molecule has 0 saturated carbocycles. The van der Waals surface area contributed by atoms with Gasteiger partial charge in [-0.3, -0.25) is 0 Å². The molecule has 0 saturated heterocycles. The second-order valence-corrected chi connectivity index (χ2v) is 16.9. The molecule has 0 N–H and O–H groups in total. The van der Waals surface area contributed by atoms with Crippen molar-refractivity contribution in [1.82, 2.24) is 0 Å². The SMILES string of the molecule is CC1(C)c2cc(N(c3ccccc3)c3ccccc3)ccc2-c2cc3ccc(N(c4ccccc4-c4ccccc4)c4cccc5c4oc4ccccc45)cc3c3cccc1c23. The van der Waals surface area contributed by atoms with E-state index in [0.29, 0.717) is 0 Å². The smallest absolute Gasteiger partial charge is 0.159 e. The Morgan fingerprint density at radius 3 is 1.77 bits per heavy atom. The van der Waals surface area contributed by atoms with E-state index in [2.05, 4.69) is 236 Å². The van der Waals surface area contributed by atoms with Crippen LogP contribution in [0.25, 0.3) is 65.7 Å². The third-order valence-electron chi connectivity index (χ3n) is 13.0. The van der Waals surface area contributed by atoms with E-state index in [9.17, 15) is 0 Å². The van der Waals surface area contributed by atoms with Gasteiger partial charge in [0.1, 0.15) is 5.58 Å². The highest BCUT2D eigenvalue weighted by molar-refractivity contribution is 6.18. The van der Waals surface area contributed by atoms with Gasteiger partial charge in [0, 0.05) is 44.5 Å². The molecule has 0 fully saturated rings. The second kappa shape index (κ2) is 14.1. The number of benzene rings is 10. The fraction of sp³-hybridized carbons (Fsp3) is 0.0508. The Kier molecular flexibility index (Phi) is 8.20. The van der Waals surface area contributed by atoms with E-state index < -0.39 is 0 Å². The van der Waals surface area contributed by atoms with E-state index in [1.165, 1.54) is 43.8 Å². The molecule has 0 amide bonds. The molecule has 0 atom stereocenters. The molecule has 0 aliphatic heterocycles. The van der Waals surface area contributed by atoms with Gasteiger partial charge < -0.3 is 14.2 Å². The molecule has 11 aromatic rings. The molecule has 1 heterocycles. The Hall–Kier alpha value is -7.88. The number of furan rings is 1. The molecule has 1 aliphatic rings. The first-order valence-electron chi connectivity index (χ1n) is 21.4. The molecule has 0 radical (unpaired) electrons. The number of para-hydroxylation sites is 5. The second-order valence-electron chi connectivity index (χ2n) is 16.9. The van der Waals surface area contributed by atoms with Gasteiger partial charge in [-0.1, -0.05) is 159 Å². The van der Waals surface area contributed by atoms with E-state index in [1.807, 2.05) is 6.07 Å². The molecule has 294 valence electrons. The van der Waals surface area contributed by atoms with Crippen LogP contribution in [0.2, 0.25) is 0 Å². The maximum atomic E-state index is 6.75. The quantitative estimate of drug-likeness (QED) is 0.150. The Bertz CT molecular complexity index is 3460. The molecule has 3 heteroatoms. The summed E-state index contributed by atoms with van der Waals surface area (Å²) in [6.07, 6.45) is 0. The Morgan fingerprint density at radius 1 is 0.371 bits per heavy atom. The van der Waals surface area contributed by atoms with Gasteiger partial charge in [-0.25, -0.2) is 0 Å². The zero-order chi connectivity index (χ0) is 41.4. The van der Waals surface area contributed by atoms with Crippen LogP contribution in [0.3, 0.4) is 0 Å². The first kappa shape index (κ1) is 36.0. The predicted molar refractivity (Wildman–Crippen MR) is 261 cm³/mol. The van der Waals surface area contributed by atoms with Gasteiger partial charge in [-0.05, 0) is 122 Å². The summed E-state index contributed by atoms with van der Waals surface area (Å²) in [6, 6.07) is 79.0. The highest BCUT2D eigenvalue weighted by Crippen LogP contribution is 2.53. The number of hydrogen-bond donors (Lipinski definition) is 0. The Balaban J connectivity index is 1.07. The van der Waals surface area contributed by atoms with Crippen LogP contribution >= 0.6 is 0 Å². The normalized spacial score (nSPS) is 12.8. The molecular formula is C59H42N2O. The Labute approximate surface area is 361 Å². The largest absolute Gasteiger partial charge is 0.454 e. The molecule has 0 spiro atoms. The van der Waals surface area contributed by atoms with Crippen molar-refractivity contribution in [2.24, 2.45) is 0 Å². The van der Waals surface area contributed by atoms with E-state index in [-0.39, 0.29) is 5.41 Å². The zero-order valence-corrected chi connectivity index (χ0v) is 34.6. The van der Waals surface area contributed by atoms with Crippen LogP contribution in [0.5, 0.6) is 0 Å². The lowest BCUT2D eigenvalue weighted by molar-refractivity contribution is 0.645. The van der Waals surface area contributed by atoms with Crippen LogP contribution in [0.1, 0.15) is 25.0 Å². The summed E-state index contributed by atoms with van der Waals surface area (Å²) in [5, 5.41) is 7.22. The van der Waals surface area contributed by atoms with Crippen LogP contribution in [-0.2, 0) is 5.41 Å². The predicted octanol–water partition coefficient (Wildman–Crippen LogP) is 16.8. The lowest BCUT2D eigenvalue weighted by Crippen LogP contribution is -2.24. The van der Waals surface area contributed by atoms with Crippen LogP contribution in [-0.4, -0.2) is 0 Å². The van der Waals surface area contributed by atoms with Gasteiger partial charge in [-0.15, -0.1) is 0 Å². The van der Waals surface area contributed by atoms with Crippen molar-refractivity contribution in [2.45, 2.75) is 19.3 Å². The zero-order valence-electron chi connectivity index (χ0n) is 34.6. The summed E-state index contributed by atoms with van der Waals surface area (Å²) >= 11 is 0. The fourth-order valence-corrected chi connectivity index (χ4v) is 10.1. The van der Waals surface area contributed by atoms with Crippen LogP contribution in [0, 0.1) is 0 Å². The number of rotatable bonds is 7. The van der Waals surface area contributed by atoms with E-state index in [0.717, 1.165) is 67.2 Å². The number of fused-ring (bicyclic) bond motifs is 7. The summed E-state index contributed by atoms with van der Waals surface area (Å²) < 4.78 is 6.75. The molecule has 1 aliphatic carbocycles. The summed E-state index contributed by atoms with van der Waals surface area (Å²) in [7, 11) is 0.